The summed E-state index contributed by atoms with van der Waals surface area (Å²) in [6.45, 7) is 6.76. The number of aromatic nitrogens is 3. The van der Waals surface area contributed by atoms with Crippen molar-refractivity contribution < 1.29 is 0 Å². The van der Waals surface area contributed by atoms with Gasteiger partial charge in [-0.15, -0.1) is 22.7 Å². The molecule has 0 spiro atoms. The number of aryl methyl sites for hydroxylation is 1. The Balaban J connectivity index is 1.82. The standard InChI is InChI=1S/C20H19N3OS2/c1-12(2)18-22-15(10-25-18)9-23-11-21-19-17(20(23)24)16(13(3)26-19)14-7-5-4-6-8-14/h4-8,10-12H,9H2,1-3H3. The minimum absolute atomic E-state index is 0.00250. The number of hydrogen-bond acceptors (Lipinski definition) is 5. The van der Waals surface area contributed by atoms with Gasteiger partial charge in [-0.05, 0) is 12.5 Å². The van der Waals surface area contributed by atoms with Crippen molar-refractivity contribution in [3.05, 3.63) is 68.0 Å². The van der Waals surface area contributed by atoms with E-state index in [4.69, 9.17) is 0 Å². The number of hydrogen-bond donors (Lipinski definition) is 0. The van der Waals surface area contributed by atoms with E-state index in [-0.39, 0.29) is 5.56 Å². The number of thiophene rings is 1. The highest BCUT2D eigenvalue weighted by molar-refractivity contribution is 7.19. The van der Waals surface area contributed by atoms with Crippen molar-refractivity contribution in [2.24, 2.45) is 0 Å². The van der Waals surface area contributed by atoms with Crippen LogP contribution in [0, 0.1) is 6.92 Å². The number of thiazole rings is 1. The van der Waals surface area contributed by atoms with Gasteiger partial charge < -0.3 is 0 Å². The molecule has 0 amide bonds. The largest absolute Gasteiger partial charge is 0.293 e. The molecule has 6 heteroatoms. The maximum absolute atomic E-state index is 13.2. The summed E-state index contributed by atoms with van der Waals surface area (Å²) in [6.07, 6.45) is 1.64. The molecule has 0 aliphatic rings. The maximum Gasteiger partial charge on any atom is 0.263 e. The number of nitrogens with zero attached hydrogens (tertiary/aromatic N) is 3. The molecule has 0 radical (unpaired) electrons. The molecular weight excluding hydrogens is 362 g/mol. The Labute approximate surface area is 159 Å². The molecule has 4 nitrogen and oxygen atoms in total. The topological polar surface area (TPSA) is 47.8 Å². The summed E-state index contributed by atoms with van der Waals surface area (Å²) in [5.74, 6) is 0.398. The molecule has 3 heterocycles. The van der Waals surface area contributed by atoms with E-state index in [9.17, 15) is 4.79 Å². The summed E-state index contributed by atoms with van der Waals surface area (Å²) in [6, 6.07) is 10.1. The van der Waals surface area contributed by atoms with E-state index >= 15 is 0 Å². The summed E-state index contributed by atoms with van der Waals surface area (Å²) in [4.78, 5) is 24.3. The fourth-order valence-corrected chi connectivity index (χ4v) is 4.87. The van der Waals surface area contributed by atoms with Gasteiger partial charge in [-0.2, -0.15) is 0 Å². The zero-order valence-electron chi connectivity index (χ0n) is 14.9. The van der Waals surface area contributed by atoms with E-state index in [1.807, 2.05) is 42.6 Å². The van der Waals surface area contributed by atoms with Crippen molar-refractivity contribution in [3.8, 4) is 11.1 Å². The van der Waals surface area contributed by atoms with Crippen LogP contribution < -0.4 is 5.56 Å². The van der Waals surface area contributed by atoms with Gasteiger partial charge in [0, 0.05) is 21.7 Å². The Kier molecular flexibility index (Phi) is 4.46. The Morgan fingerprint density at radius 1 is 1.19 bits per heavy atom. The second-order valence-corrected chi connectivity index (χ2v) is 8.68. The first-order chi connectivity index (χ1) is 12.5. The third-order valence-corrected chi connectivity index (χ3v) is 6.52. The fraction of sp³-hybridized carbons (Fsp3) is 0.250. The van der Waals surface area contributed by atoms with Crippen LogP contribution in [0.1, 0.15) is 35.3 Å². The first kappa shape index (κ1) is 17.1. The van der Waals surface area contributed by atoms with Crippen LogP contribution >= 0.6 is 22.7 Å². The second kappa shape index (κ2) is 6.78. The molecule has 3 aromatic heterocycles. The van der Waals surface area contributed by atoms with E-state index < -0.39 is 0 Å². The highest BCUT2D eigenvalue weighted by Gasteiger charge is 2.17. The zero-order chi connectivity index (χ0) is 18.3. The Hall–Kier alpha value is -2.31. The summed E-state index contributed by atoms with van der Waals surface area (Å²) in [5.41, 5.74) is 2.97. The molecule has 0 atom stereocenters. The quantitative estimate of drug-likeness (QED) is 0.496. The lowest BCUT2D eigenvalue weighted by Gasteiger charge is -2.05. The Morgan fingerprint density at radius 3 is 2.65 bits per heavy atom. The second-order valence-electron chi connectivity index (χ2n) is 6.59. The van der Waals surface area contributed by atoms with Gasteiger partial charge in [-0.1, -0.05) is 44.2 Å². The van der Waals surface area contributed by atoms with E-state index in [1.54, 1.807) is 33.6 Å². The molecule has 0 saturated heterocycles. The van der Waals surface area contributed by atoms with Gasteiger partial charge >= 0.3 is 0 Å². The molecule has 0 aliphatic heterocycles. The first-order valence-corrected chi connectivity index (χ1v) is 10.2. The van der Waals surface area contributed by atoms with Crippen LogP contribution in [-0.2, 0) is 6.54 Å². The van der Waals surface area contributed by atoms with Gasteiger partial charge in [0.25, 0.3) is 5.56 Å². The van der Waals surface area contributed by atoms with Gasteiger partial charge in [0.05, 0.1) is 29.0 Å². The van der Waals surface area contributed by atoms with Gasteiger partial charge in [0.2, 0.25) is 0 Å². The molecule has 4 aromatic rings. The van der Waals surface area contributed by atoms with Crippen LogP contribution in [0.15, 0.2) is 46.8 Å². The lowest BCUT2D eigenvalue weighted by molar-refractivity contribution is 0.726. The van der Waals surface area contributed by atoms with Crippen LogP contribution in [0.2, 0.25) is 0 Å². The molecule has 0 saturated carbocycles. The van der Waals surface area contributed by atoms with Crippen molar-refractivity contribution in [3.63, 3.8) is 0 Å². The lowest BCUT2D eigenvalue weighted by Crippen LogP contribution is -2.21. The van der Waals surface area contributed by atoms with Crippen LogP contribution in [0.5, 0.6) is 0 Å². The summed E-state index contributed by atoms with van der Waals surface area (Å²) < 4.78 is 1.67. The Bertz CT molecular complexity index is 1120. The van der Waals surface area contributed by atoms with Gasteiger partial charge in [0.15, 0.2) is 0 Å². The normalized spacial score (nSPS) is 11.5. The van der Waals surface area contributed by atoms with E-state index in [2.05, 4.69) is 23.8 Å². The highest BCUT2D eigenvalue weighted by atomic mass is 32.1. The van der Waals surface area contributed by atoms with E-state index in [1.165, 1.54) is 0 Å². The van der Waals surface area contributed by atoms with Gasteiger partial charge in [-0.3, -0.25) is 9.36 Å². The first-order valence-electron chi connectivity index (χ1n) is 8.53. The molecule has 0 aliphatic carbocycles. The van der Waals surface area contributed by atoms with Crippen molar-refractivity contribution in [1.82, 2.24) is 14.5 Å². The summed E-state index contributed by atoms with van der Waals surface area (Å²) in [5, 5.41) is 3.84. The van der Waals surface area contributed by atoms with Crippen LogP contribution in [0.3, 0.4) is 0 Å². The molecule has 0 fully saturated rings. The van der Waals surface area contributed by atoms with Gasteiger partial charge in [-0.25, -0.2) is 9.97 Å². The molecule has 26 heavy (non-hydrogen) atoms. The molecule has 0 N–H and O–H groups in total. The number of fused-ring (bicyclic) bond motifs is 1. The third-order valence-electron chi connectivity index (χ3n) is 4.31. The maximum atomic E-state index is 13.2. The van der Waals surface area contributed by atoms with Crippen molar-refractivity contribution >= 4 is 32.9 Å². The van der Waals surface area contributed by atoms with E-state index in [0.717, 1.165) is 31.5 Å². The van der Waals surface area contributed by atoms with Crippen molar-refractivity contribution in [2.75, 3.05) is 0 Å². The molecule has 0 unspecified atom stereocenters. The average molecular weight is 382 g/mol. The predicted molar refractivity (Wildman–Crippen MR) is 109 cm³/mol. The monoisotopic (exact) mass is 381 g/mol. The number of rotatable bonds is 4. The molecule has 1 aromatic carbocycles. The van der Waals surface area contributed by atoms with Crippen molar-refractivity contribution in [2.45, 2.75) is 33.2 Å². The Morgan fingerprint density at radius 2 is 1.96 bits per heavy atom. The molecular formula is C20H19N3OS2. The average Bonchev–Trinajstić information content (AvgIpc) is 3.22. The van der Waals surface area contributed by atoms with Gasteiger partial charge in [0.1, 0.15) is 4.83 Å². The fourth-order valence-electron chi connectivity index (χ4n) is 3.04. The molecule has 132 valence electrons. The minimum atomic E-state index is -0.00250. The summed E-state index contributed by atoms with van der Waals surface area (Å²) >= 11 is 3.22. The smallest absolute Gasteiger partial charge is 0.263 e. The highest BCUT2D eigenvalue weighted by Crippen LogP contribution is 2.35. The molecule has 0 bridgehead atoms. The SMILES string of the molecule is Cc1sc2ncn(Cc3csc(C(C)C)n3)c(=O)c2c1-c1ccccc1. The summed E-state index contributed by atoms with van der Waals surface area (Å²) in [7, 11) is 0. The third kappa shape index (κ3) is 2.99. The lowest BCUT2D eigenvalue weighted by atomic mass is 10.0. The number of benzene rings is 1. The van der Waals surface area contributed by atoms with Crippen LogP contribution in [0.4, 0.5) is 0 Å². The molecule has 4 rings (SSSR count). The van der Waals surface area contributed by atoms with Crippen LogP contribution in [0.25, 0.3) is 21.3 Å². The van der Waals surface area contributed by atoms with E-state index in [0.29, 0.717) is 17.8 Å². The predicted octanol–water partition coefficient (Wildman–Crippen LogP) is 5.06. The van der Waals surface area contributed by atoms with Crippen LogP contribution in [-0.4, -0.2) is 14.5 Å². The van der Waals surface area contributed by atoms with Crippen molar-refractivity contribution in [1.29, 1.82) is 0 Å². The minimum Gasteiger partial charge on any atom is -0.293 e. The zero-order valence-corrected chi connectivity index (χ0v) is 16.5.